The van der Waals surface area contributed by atoms with Crippen molar-refractivity contribution in [2.75, 3.05) is 13.1 Å². The summed E-state index contributed by atoms with van der Waals surface area (Å²) >= 11 is 0. The number of nitrogens with zero attached hydrogens (tertiary/aromatic N) is 2. The fraction of sp³-hybridized carbons (Fsp3) is 0.615. The molecule has 0 aliphatic carbocycles. The number of hydrogen-bond acceptors (Lipinski definition) is 3. The van der Waals surface area contributed by atoms with E-state index in [1.165, 1.54) is 11.3 Å². The SMILES string of the molecule is Cc1cccnc1CN1CC(N)(C(C)C)C1. The largest absolute Gasteiger partial charge is 0.323 e. The van der Waals surface area contributed by atoms with Gasteiger partial charge in [-0.1, -0.05) is 19.9 Å². The summed E-state index contributed by atoms with van der Waals surface area (Å²) in [5.74, 6) is 0.550. The van der Waals surface area contributed by atoms with Gasteiger partial charge in [-0.2, -0.15) is 0 Å². The Hall–Kier alpha value is -0.930. The molecule has 0 bridgehead atoms. The average molecular weight is 219 g/mol. The van der Waals surface area contributed by atoms with Gasteiger partial charge in [-0.3, -0.25) is 9.88 Å². The van der Waals surface area contributed by atoms with Gasteiger partial charge in [-0.25, -0.2) is 0 Å². The van der Waals surface area contributed by atoms with Crippen LogP contribution in [0.5, 0.6) is 0 Å². The molecule has 0 amide bonds. The van der Waals surface area contributed by atoms with E-state index in [-0.39, 0.29) is 5.54 Å². The van der Waals surface area contributed by atoms with Crippen LogP contribution in [0.1, 0.15) is 25.1 Å². The van der Waals surface area contributed by atoms with E-state index in [0.717, 1.165) is 19.6 Å². The first-order valence-corrected chi connectivity index (χ1v) is 5.93. The zero-order chi connectivity index (χ0) is 11.8. The lowest BCUT2D eigenvalue weighted by Crippen LogP contribution is -2.69. The van der Waals surface area contributed by atoms with Crippen molar-refractivity contribution in [2.45, 2.75) is 32.9 Å². The lowest BCUT2D eigenvalue weighted by Gasteiger charge is -2.50. The molecule has 0 spiro atoms. The van der Waals surface area contributed by atoms with Crippen LogP contribution < -0.4 is 5.73 Å². The third-order valence-electron chi connectivity index (χ3n) is 3.68. The smallest absolute Gasteiger partial charge is 0.0573 e. The second-order valence-electron chi connectivity index (χ2n) is 5.30. The predicted octanol–water partition coefficient (Wildman–Crippen LogP) is 1.56. The lowest BCUT2D eigenvalue weighted by atomic mass is 9.80. The van der Waals surface area contributed by atoms with E-state index in [1.807, 2.05) is 12.3 Å². The number of likely N-dealkylation sites (tertiary alicyclic amines) is 1. The van der Waals surface area contributed by atoms with E-state index >= 15 is 0 Å². The van der Waals surface area contributed by atoms with Gasteiger partial charge in [0.25, 0.3) is 0 Å². The summed E-state index contributed by atoms with van der Waals surface area (Å²) < 4.78 is 0. The van der Waals surface area contributed by atoms with Gasteiger partial charge in [-0.05, 0) is 24.5 Å². The van der Waals surface area contributed by atoms with Gasteiger partial charge in [0.2, 0.25) is 0 Å². The second kappa shape index (κ2) is 4.15. The molecule has 1 saturated heterocycles. The first-order valence-electron chi connectivity index (χ1n) is 5.93. The highest BCUT2D eigenvalue weighted by Crippen LogP contribution is 2.27. The van der Waals surface area contributed by atoms with Crippen LogP contribution in [-0.2, 0) is 6.54 Å². The summed E-state index contributed by atoms with van der Waals surface area (Å²) in [4.78, 5) is 6.78. The van der Waals surface area contributed by atoms with Crippen molar-refractivity contribution in [3.8, 4) is 0 Å². The number of aryl methyl sites for hydroxylation is 1. The van der Waals surface area contributed by atoms with Crippen molar-refractivity contribution < 1.29 is 0 Å². The van der Waals surface area contributed by atoms with E-state index < -0.39 is 0 Å². The standard InChI is InChI=1S/C13H21N3/c1-10(2)13(14)8-16(9-13)7-12-11(3)5-4-6-15-12/h4-6,10H,7-9,14H2,1-3H3. The minimum Gasteiger partial charge on any atom is -0.323 e. The third kappa shape index (κ3) is 2.11. The van der Waals surface area contributed by atoms with Crippen molar-refractivity contribution in [3.63, 3.8) is 0 Å². The Kier molecular flexibility index (Phi) is 3.00. The normalized spacial score (nSPS) is 19.8. The van der Waals surface area contributed by atoms with Crippen LogP contribution >= 0.6 is 0 Å². The maximum Gasteiger partial charge on any atom is 0.0573 e. The van der Waals surface area contributed by atoms with Crippen molar-refractivity contribution in [1.29, 1.82) is 0 Å². The quantitative estimate of drug-likeness (QED) is 0.839. The first kappa shape index (κ1) is 11.6. The lowest BCUT2D eigenvalue weighted by molar-refractivity contribution is 0.0302. The molecule has 1 aromatic heterocycles. The Morgan fingerprint density at radius 3 is 2.75 bits per heavy atom. The van der Waals surface area contributed by atoms with Crippen LogP contribution in [0.4, 0.5) is 0 Å². The molecule has 1 fully saturated rings. The Bertz CT molecular complexity index is 367. The zero-order valence-corrected chi connectivity index (χ0v) is 10.4. The number of aromatic nitrogens is 1. The molecule has 88 valence electrons. The molecule has 0 atom stereocenters. The molecule has 1 aromatic rings. The van der Waals surface area contributed by atoms with Gasteiger partial charge in [0, 0.05) is 31.4 Å². The zero-order valence-electron chi connectivity index (χ0n) is 10.4. The fourth-order valence-corrected chi connectivity index (χ4v) is 2.16. The van der Waals surface area contributed by atoms with Crippen LogP contribution in [0.2, 0.25) is 0 Å². The summed E-state index contributed by atoms with van der Waals surface area (Å²) in [6.07, 6.45) is 1.86. The van der Waals surface area contributed by atoms with Crippen LogP contribution in [0.3, 0.4) is 0 Å². The van der Waals surface area contributed by atoms with Crippen LogP contribution in [0.15, 0.2) is 18.3 Å². The maximum absolute atomic E-state index is 6.27. The van der Waals surface area contributed by atoms with Crippen molar-refractivity contribution in [3.05, 3.63) is 29.6 Å². The molecule has 1 aliphatic heterocycles. The summed E-state index contributed by atoms with van der Waals surface area (Å²) in [7, 11) is 0. The molecule has 2 rings (SSSR count). The minimum absolute atomic E-state index is 0.0166. The van der Waals surface area contributed by atoms with E-state index in [1.54, 1.807) is 0 Å². The van der Waals surface area contributed by atoms with E-state index in [4.69, 9.17) is 5.73 Å². The molecule has 3 heteroatoms. The highest BCUT2D eigenvalue weighted by atomic mass is 15.3. The molecule has 0 unspecified atom stereocenters. The Morgan fingerprint density at radius 2 is 2.19 bits per heavy atom. The molecule has 2 N–H and O–H groups in total. The van der Waals surface area contributed by atoms with Crippen molar-refractivity contribution in [1.82, 2.24) is 9.88 Å². The van der Waals surface area contributed by atoms with Gasteiger partial charge in [-0.15, -0.1) is 0 Å². The fourth-order valence-electron chi connectivity index (χ4n) is 2.16. The molecule has 16 heavy (non-hydrogen) atoms. The number of rotatable bonds is 3. The monoisotopic (exact) mass is 219 g/mol. The minimum atomic E-state index is 0.0166. The molecule has 0 aromatic carbocycles. The van der Waals surface area contributed by atoms with Crippen LogP contribution in [-0.4, -0.2) is 28.5 Å². The van der Waals surface area contributed by atoms with E-state index in [0.29, 0.717) is 5.92 Å². The number of hydrogen-bond donors (Lipinski definition) is 1. The highest BCUT2D eigenvalue weighted by molar-refractivity contribution is 5.18. The van der Waals surface area contributed by atoms with E-state index in [9.17, 15) is 0 Å². The average Bonchev–Trinajstić information content (AvgIpc) is 2.18. The molecule has 0 radical (unpaired) electrons. The van der Waals surface area contributed by atoms with E-state index in [2.05, 4.69) is 36.7 Å². The second-order valence-corrected chi connectivity index (χ2v) is 5.30. The van der Waals surface area contributed by atoms with Crippen molar-refractivity contribution in [2.24, 2.45) is 11.7 Å². The summed E-state index contributed by atoms with van der Waals surface area (Å²) in [5, 5.41) is 0. The maximum atomic E-state index is 6.27. The highest BCUT2D eigenvalue weighted by Gasteiger charge is 2.41. The number of nitrogens with two attached hydrogens (primary N) is 1. The van der Waals surface area contributed by atoms with Crippen LogP contribution in [0, 0.1) is 12.8 Å². The van der Waals surface area contributed by atoms with Crippen molar-refractivity contribution >= 4 is 0 Å². The van der Waals surface area contributed by atoms with Gasteiger partial charge in [0.05, 0.1) is 5.69 Å². The van der Waals surface area contributed by atoms with Gasteiger partial charge < -0.3 is 5.73 Å². The third-order valence-corrected chi connectivity index (χ3v) is 3.68. The van der Waals surface area contributed by atoms with Gasteiger partial charge in [0.15, 0.2) is 0 Å². The molecule has 2 heterocycles. The Morgan fingerprint density at radius 1 is 1.50 bits per heavy atom. The summed E-state index contributed by atoms with van der Waals surface area (Å²) in [6.45, 7) is 9.41. The molecule has 1 aliphatic rings. The Balaban J connectivity index is 1.93. The predicted molar refractivity (Wildman–Crippen MR) is 66.0 cm³/mol. The topological polar surface area (TPSA) is 42.2 Å². The summed E-state index contributed by atoms with van der Waals surface area (Å²) in [6, 6.07) is 4.09. The summed E-state index contributed by atoms with van der Waals surface area (Å²) in [5.41, 5.74) is 8.72. The van der Waals surface area contributed by atoms with Gasteiger partial charge >= 0.3 is 0 Å². The Labute approximate surface area is 97.7 Å². The van der Waals surface area contributed by atoms with Crippen LogP contribution in [0.25, 0.3) is 0 Å². The molecule has 0 saturated carbocycles. The molecule has 3 nitrogen and oxygen atoms in total. The first-order chi connectivity index (χ1) is 7.51. The molecular formula is C13H21N3. The molecular weight excluding hydrogens is 198 g/mol. The van der Waals surface area contributed by atoms with Gasteiger partial charge in [0.1, 0.15) is 0 Å². The number of pyridine rings is 1.